The van der Waals surface area contributed by atoms with Crippen molar-refractivity contribution in [3.05, 3.63) is 58.5 Å². The molecule has 1 aliphatic carbocycles. The smallest absolute Gasteiger partial charge is 0.269 e. The van der Waals surface area contributed by atoms with Gasteiger partial charge in [0.15, 0.2) is 0 Å². The van der Waals surface area contributed by atoms with Crippen LogP contribution in [-0.4, -0.2) is 50.6 Å². The number of amides is 2. The third-order valence-corrected chi connectivity index (χ3v) is 4.55. The zero-order valence-electron chi connectivity index (χ0n) is 14.6. The number of pyridine rings is 1. The van der Waals surface area contributed by atoms with Gasteiger partial charge in [-0.05, 0) is 30.9 Å². The van der Waals surface area contributed by atoms with E-state index in [0.717, 1.165) is 11.8 Å². The summed E-state index contributed by atoms with van der Waals surface area (Å²) in [5.41, 5.74) is 0.555. The van der Waals surface area contributed by atoms with Crippen LogP contribution in [0, 0.1) is 5.92 Å². The molecular formula is C18H21N5O4. The summed E-state index contributed by atoms with van der Waals surface area (Å²) in [4.78, 5) is 45.8. The Bertz CT molecular complexity index is 854. The van der Waals surface area contributed by atoms with Crippen molar-refractivity contribution in [2.75, 3.05) is 6.54 Å². The fourth-order valence-electron chi connectivity index (χ4n) is 3.14. The first kappa shape index (κ1) is 18.7. The first-order valence-electron chi connectivity index (χ1n) is 8.73. The SMILES string of the molecule is O=C(N[C@H]1C[C@H](C(=O)NCCc2cccnc2)C[C@@H]1O)c1cncc(=O)[nH]1. The van der Waals surface area contributed by atoms with E-state index in [1.807, 2.05) is 12.1 Å². The van der Waals surface area contributed by atoms with Gasteiger partial charge in [-0.1, -0.05) is 6.07 Å². The van der Waals surface area contributed by atoms with Gasteiger partial charge in [-0.2, -0.15) is 0 Å². The molecule has 0 saturated heterocycles. The lowest BCUT2D eigenvalue weighted by atomic mass is 10.1. The zero-order chi connectivity index (χ0) is 19.2. The molecular weight excluding hydrogens is 350 g/mol. The molecule has 9 nitrogen and oxygen atoms in total. The first-order valence-corrected chi connectivity index (χ1v) is 8.73. The van der Waals surface area contributed by atoms with Crippen LogP contribution < -0.4 is 16.2 Å². The normalized spacial score (nSPS) is 21.6. The van der Waals surface area contributed by atoms with Crippen molar-refractivity contribution in [2.45, 2.75) is 31.4 Å². The summed E-state index contributed by atoms with van der Waals surface area (Å²) < 4.78 is 0. The summed E-state index contributed by atoms with van der Waals surface area (Å²) >= 11 is 0. The Morgan fingerprint density at radius 3 is 2.81 bits per heavy atom. The number of nitrogens with one attached hydrogen (secondary N) is 3. The first-order chi connectivity index (χ1) is 13.0. The molecule has 2 heterocycles. The van der Waals surface area contributed by atoms with Gasteiger partial charge in [0.1, 0.15) is 5.69 Å². The van der Waals surface area contributed by atoms with Crippen molar-refractivity contribution >= 4 is 11.8 Å². The average molecular weight is 371 g/mol. The quantitative estimate of drug-likeness (QED) is 0.535. The molecule has 2 aromatic heterocycles. The van der Waals surface area contributed by atoms with Crippen LogP contribution in [0.2, 0.25) is 0 Å². The number of aliphatic hydroxyl groups is 1. The minimum Gasteiger partial charge on any atom is -0.391 e. The van der Waals surface area contributed by atoms with Crippen molar-refractivity contribution < 1.29 is 14.7 Å². The van der Waals surface area contributed by atoms with E-state index in [1.165, 1.54) is 6.20 Å². The Hall–Kier alpha value is -3.07. The molecule has 1 saturated carbocycles. The van der Waals surface area contributed by atoms with Crippen LogP contribution in [0.15, 0.2) is 41.7 Å². The summed E-state index contributed by atoms with van der Waals surface area (Å²) in [5.74, 6) is -1.07. The molecule has 0 aromatic carbocycles. The van der Waals surface area contributed by atoms with Crippen LogP contribution in [0.3, 0.4) is 0 Å². The molecule has 4 N–H and O–H groups in total. The summed E-state index contributed by atoms with van der Waals surface area (Å²) in [6.07, 6.45) is 6.18. The summed E-state index contributed by atoms with van der Waals surface area (Å²) in [6, 6.07) is 3.22. The lowest BCUT2D eigenvalue weighted by Gasteiger charge is -2.16. The molecule has 0 radical (unpaired) electrons. The molecule has 1 fully saturated rings. The highest BCUT2D eigenvalue weighted by Crippen LogP contribution is 2.26. The largest absolute Gasteiger partial charge is 0.391 e. The number of hydrogen-bond donors (Lipinski definition) is 4. The summed E-state index contributed by atoms with van der Waals surface area (Å²) in [6.45, 7) is 0.477. The van der Waals surface area contributed by atoms with Gasteiger partial charge >= 0.3 is 0 Å². The van der Waals surface area contributed by atoms with Gasteiger partial charge in [0.05, 0.1) is 24.5 Å². The molecule has 9 heteroatoms. The number of carbonyl (C=O) groups is 2. The number of H-pyrrole nitrogens is 1. The van der Waals surface area contributed by atoms with Crippen LogP contribution in [0.5, 0.6) is 0 Å². The van der Waals surface area contributed by atoms with Gasteiger partial charge in [0.25, 0.3) is 11.5 Å². The lowest BCUT2D eigenvalue weighted by molar-refractivity contribution is -0.125. The van der Waals surface area contributed by atoms with E-state index in [2.05, 4.69) is 25.6 Å². The summed E-state index contributed by atoms with van der Waals surface area (Å²) in [7, 11) is 0. The Morgan fingerprint density at radius 1 is 1.22 bits per heavy atom. The number of carbonyl (C=O) groups excluding carboxylic acids is 2. The maximum Gasteiger partial charge on any atom is 0.269 e. The molecule has 142 valence electrons. The van der Waals surface area contributed by atoms with E-state index >= 15 is 0 Å². The van der Waals surface area contributed by atoms with Gasteiger partial charge in [-0.3, -0.25) is 24.4 Å². The molecule has 27 heavy (non-hydrogen) atoms. The third-order valence-electron chi connectivity index (χ3n) is 4.55. The second kappa shape index (κ2) is 8.54. The van der Waals surface area contributed by atoms with E-state index in [9.17, 15) is 19.5 Å². The van der Waals surface area contributed by atoms with Gasteiger partial charge in [-0.15, -0.1) is 0 Å². The monoisotopic (exact) mass is 371 g/mol. The highest BCUT2D eigenvalue weighted by molar-refractivity contribution is 5.92. The maximum absolute atomic E-state index is 12.3. The van der Waals surface area contributed by atoms with Gasteiger partial charge in [0, 0.05) is 24.9 Å². The molecule has 3 atom stereocenters. The molecule has 2 aromatic rings. The fourth-order valence-corrected chi connectivity index (χ4v) is 3.14. The Balaban J connectivity index is 1.49. The number of aromatic amines is 1. The fraction of sp³-hybridized carbons (Fsp3) is 0.389. The van der Waals surface area contributed by atoms with Crippen molar-refractivity contribution in [1.29, 1.82) is 0 Å². The van der Waals surface area contributed by atoms with E-state index < -0.39 is 23.6 Å². The minimum absolute atomic E-state index is 0.0130. The Labute approximate surface area is 155 Å². The van der Waals surface area contributed by atoms with E-state index in [1.54, 1.807) is 12.4 Å². The molecule has 0 unspecified atom stereocenters. The zero-order valence-corrected chi connectivity index (χ0v) is 14.6. The highest BCUT2D eigenvalue weighted by atomic mass is 16.3. The predicted octanol–water partition coefficient (Wildman–Crippen LogP) is -0.607. The van der Waals surface area contributed by atoms with Crippen LogP contribution in [0.1, 0.15) is 28.9 Å². The minimum atomic E-state index is -0.827. The number of aromatic nitrogens is 3. The molecule has 0 aliphatic heterocycles. The van der Waals surface area contributed by atoms with Crippen molar-refractivity contribution in [3.8, 4) is 0 Å². The number of nitrogens with zero attached hydrogens (tertiary/aromatic N) is 2. The molecule has 0 bridgehead atoms. The van der Waals surface area contributed by atoms with E-state index in [4.69, 9.17) is 0 Å². The number of rotatable bonds is 6. The van der Waals surface area contributed by atoms with Gasteiger partial charge < -0.3 is 20.7 Å². The maximum atomic E-state index is 12.3. The molecule has 2 amide bonds. The Kier molecular flexibility index (Phi) is 5.92. The molecule has 1 aliphatic rings. The van der Waals surface area contributed by atoms with Crippen LogP contribution in [-0.2, 0) is 11.2 Å². The van der Waals surface area contributed by atoms with E-state index in [0.29, 0.717) is 19.4 Å². The van der Waals surface area contributed by atoms with Gasteiger partial charge in [0.2, 0.25) is 5.91 Å². The molecule has 3 rings (SSSR count). The van der Waals surface area contributed by atoms with Crippen molar-refractivity contribution in [2.24, 2.45) is 5.92 Å². The standard InChI is InChI=1S/C18H21N5O4/c24-15-7-12(17(26)21-5-3-11-2-1-4-19-8-11)6-13(15)23-18(27)14-9-20-10-16(25)22-14/h1-2,4,8-10,12-13,15,24H,3,5-7H2,(H,21,26)(H,22,25)(H,23,27)/t12-,13-,15-/m0/s1. The second-order valence-electron chi connectivity index (χ2n) is 6.53. The summed E-state index contributed by atoms with van der Waals surface area (Å²) in [5, 5.41) is 15.7. The number of aliphatic hydroxyl groups excluding tert-OH is 1. The van der Waals surface area contributed by atoms with Crippen molar-refractivity contribution in [3.63, 3.8) is 0 Å². The van der Waals surface area contributed by atoms with Crippen LogP contribution in [0.4, 0.5) is 0 Å². The van der Waals surface area contributed by atoms with Crippen molar-refractivity contribution in [1.82, 2.24) is 25.6 Å². The van der Waals surface area contributed by atoms with Gasteiger partial charge in [-0.25, -0.2) is 0 Å². The van der Waals surface area contributed by atoms with E-state index in [-0.39, 0.29) is 23.9 Å². The average Bonchev–Trinajstić information content (AvgIpc) is 3.03. The highest BCUT2D eigenvalue weighted by Gasteiger charge is 2.37. The van der Waals surface area contributed by atoms with Crippen LogP contribution in [0.25, 0.3) is 0 Å². The third kappa shape index (κ3) is 4.98. The second-order valence-corrected chi connectivity index (χ2v) is 6.53. The Morgan fingerprint density at radius 2 is 2.07 bits per heavy atom. The molecule has 0 spiro atoms. The lowest BCUT2D eigenvalue weighted by Crippen LogP contribution is -2.41. The number of hydrogen-bond acceptors (Lipinski definition) is 6. The topological polar surface area (TPSA) is 137 Å². The predicted molar refractivity (Wildman–Crippen MR) is 95.8 cm³/mol. The van der Waals surface area contributed by atoms with Crippen LogP contribution >= 0.6 is 0 Å².